The van der Waals surface area contributed by atoms with Crippen molar-refractivity contribution < 1.29 is 43.0 Å². The van der Waals surface area contributed by atoms with Crippen LogP contribution in [0.5, 0.6) is 0 Å². The Balaban J connectivity index is 0.00000688. The molecular weight excluding hydrogens is 1170 g/mol. The van der Waals surface area contributed by atoms with E-state index >= 15 is 4.39 Å². The van der Waals surface area contributed by atoms with Gasteiger partial charge >= 0.3 is 27.2 Å². The fourth-order valence-corrected chi connectivity index (χ4v) is 10.4. The van der Waals surface area contributed by atoms with E-state index in [0.29, 0.717) is 22.8 Å². The zero-order chi connectivity index (χ0) is 53.4. The average Bonchev–Trinajstić information content (AvgIpc) is 4.12. The molecule has 11 aromatic rings. The molecule has 5 aromatic heterocycles. The molecule has 0 aliphatic carbocycles. The van der Waals surface area contributed by atoms with Crippen LogP contribution in [0.4, 0.5) is 56.1 Å². The van der Waals surface area contributed by atoms with Gasteiger partial charge in [-0.15, -0.1) is 12.1 Å². The van der Waals surface area contributed by atoms with Crippen LogP contribution in [0, 0.1) is 24.2 Å². The number of nitrogens with zero attached hydrogens (tertiary/aromatic N) is 8. The number of rotatable bonds is 15. The summed E-state index contributed by atoms with van der Waals surface area (Å²) in [5.41, 5.74) is 6.24. The van der Waals surface area contributed by atoms with E-state index in [2.05, 4.69) is 114 Å². The summed E-state index contributed by atoms with van der Waals surface area (Å²) in [6.45, 7) is 8.28. The topological polar surface area (TPSA) is 67.9 Å². The van der Waals surface area contributed by atoms with Crippen molar-refractivity contribution in [1.29, 1.82) is 0 Å². The maximum Gasteiger partial charge on any atom is 2.00 e. The monoisotopic (exact) mass is 1220 g/mol. The fraction of sp³-hybridized carbons (Fsp3) is 0.156. The predicted octanol–water partition coefficient (Wildman–Crippen LogP) is 17.1. The zero-order valence-electron chi connectivity index (χ0n) is 42.9. The van der Waals surface area contributed by atoms with Gasteiger partial charge in [-0.1, -0.05) is 134 Å². The average molecular weight is 1220 g/mol. The van der Waals surface area contributed by atoms with Crippen molar-refractivity contribution in [3.8, 4) is 17.1 Å². The van der Waals surface area contributed by atoms with Crippen molar-refractivity contribution >= 4 is 55.9 Å². The van der Waals surface area contributed by atoms with E-state index in [9.17, 15) is 17.6 Å². The standard InChI is InChI=1S/C64H51F5N8.Pt/c1-5-43(37-42(2)75-55-27-17-15-25-51(55)52-26-16-18-28-56(52)75)44-29-31-48(32-30-44)77(47-23-13-8-14-24-47)49-38-54(53-33-34-60(65)72-62(53)66)70-58(39-49)63(3,4)59-40-50(41-61(71-59)74-36-35-57(73-74)64(67,68)69)76(45-19-9-6-10-20-45)46-21-11-7-12-22-46;/h6-32,34-35,38-43H,5,37H2,1-4H3;/q-2;+2. The van der Waals surface area contributed by atoms with Crippen molar-refractivity contribution in [1.82, 2.24) is 29.3 Å². The summed E-state index contributed by atoms with van der Waals surface area (Å²) in [4.78, 5) is 17.6. The Hall–Kier alpha value is -8.28. The summed E-state index contributed by atoms with van der Waals surface area (Å²) in [5, 5.41) is 6.36. The first-order valence-electron chi connectivity index (χ1n) is 25.4. The molecule has 0 aliphatic heterocycles. The van der Waals surface area contributed by atoms with Gasteiger partial charge in [0.2, 0.25) is 0 Å². The molecule has 2 unspecified atom stereocenters. The smallest absolute Gasteiger partial charge is 0.343 e. The molecule has 11 rings (SSSR count). The molecular formula is C64H51F5N8Pt. The number of aromatic nitrogens is 6. The van der Waals surface area contributed by atoms with Crippen molar-refractivity contribution in [2.75, 3.05) is 9.80 Å². The number of halogens is 5. The number of pyridine rings is 3. The van der Waals surface area contributed by atoms with Gasteiger partial charge in [0.25, 0.3) is 0 Å². The second-order valence-electron chi connectivity index (χ2n) is 19.6. The molecule has 0 aliphatic rings. The van der Waals surface area contributed by atoms with Crippen LogP contribution in [0.3, 0.4) is 0 Å². The number of fused-ring (bicyclic) bond motifs is 3. The fourth-order valence-electron chi connectivity index (χ4n) is 10.4. The van der Waals surface area contributed by atoms with E-state index in [4.69, 9.17) is 9.97 Å². The summed E-state index contributed by atoms with van der Waals surface area (Å²) in [5.74, 6) is -1.87. The van der Waals surface area contributed by atoms with E-state index in [1.165, 1.54) is 27.4 Å². The third-order valence-electron chi connectivity index (χ3n) is 14.3. The van der Waals surface area contributed by atoms with Gasteiger partial charge in [-0.3, -0.25) is 15.1 Å². The van der Waals surface area contributed by atoms with Crippen LogP contribution < -0.4 is 9.80 Å². The van der Waals surface area contributed by atoms with E-state index in [1.54, 1.807) is 12.1 Å². The van der Waals surface area contributed by atoms with Gasteiger partial charge in [0.05, 0.1) is 11.5 Å². The number of anilines is 6. The first-order valence-corrected chi connectivity index (χ1v) is 25.4. The summed E-state index contributed by atoms with van der Waals surface area (Å²) in [6, 6.07) is 66.3. The number of alkyl halides is 3. The number of para-hydroxylation sites is 5. The second kappa shape index (κ2) is 22.0. The van der Waals surface area contributed by atoms with Crippen LogP contribution in [0.25, 0.3) is 38.9 Å². The first kappa shape index (κ1) is 53.1. The molecule has 2 atom stereocenters. The minimum absolute atomic E-state index is 0. The van der Waals surface area contributed by atoms with Gasteiger partial charge in [-0.25, -0.2) is 8.78 Å². The molecule has 6 aromatic carbocycles. The van der Waals surface area contributed by atoms with Gasteiger partial charge in [0.15, 0.2) is 0 Å². The molecule has 0 radical (unpaired) electrons. The second-order valence-corrected chi connectivity index (χ2v) is 19.6. The Morgan fingerprint density at radius 2 is 1.06 bits per heavy atom. The molecule has 5 heterocycles. The third kappa shape index (κ3) is 10.5. The van der Waals surface area contributed by atoms with E-state index in [0.717, 1.165) is 52.4 Å². The summed E-state index contributed by atoms with van der Waals surface area (Å²) >= 11 is 0. The normalized spacial score (nSPS) is 12.6. The minimum Gasteiger partial charge on any atom is -0.343 e. The molecule has 14 heteroatoms. The van der Waals surface area contributed by atoms with E-state index in [-0.39, 0.29) is 50.1 Å². The Morgan fingerprint density at radius 3 is 1.58 bits per heavy atom. The largest absolute Gasteiger partial charge is 2.00 e. The Labute approximate surface area is 463 Å². The van der Waals surface area contributed by atoms with Gasteiger partial charge in [0, 0.05) is 78.8 Å². The molecule has 0 saturated heterocycles. The van der Waals surface area contributed by atoms with Crippen LogP contribution in [-0.2, 0) is 32.7 Å². The molecule has 78 heavy (non-hydrogen) atoms. The molecule has 0 fully saturated rings. The van der Waals surface area contributed by atoms with Crippen LogP contribution in [0.1, 0.15) is 75.1 Å². The van der Waals surface area contributed by atoms with Gasteiger partial charge in [-0.2, -0.15) is 13.2 Å². The zero-order valence-corrected chi connectivity index (χ0v) is 45.2. The quantitative estimate of drug-likeness (QED) is 0.0579. The molecule has 392 valence electrons. The van der Waals surface area contributed by atoms with Gasteiger partial charge in [0.1, 0.15) is 11.9 Å². The first-order chi connectivity index (χ1) is 37.2. The maximum atomic E-state index is 16.0. The molecule has 0 bridgehead atoms. The Bertz CT molecular complexity index is 3770. The SMILES string of the molecule is CCC(CC(C)n1c2ccccc2c2ccccc21)c1ccc(N(c2ccccc2)c2cc(-c3[c-]cc(F)nc3F)nc(C(C)(C)c3cc(N(c4ccccc4)c4ccccc4)cc(-n4[c-]cc(C(F)(F)F)n4)n3)c2)cc1.[Pt+2]. The Kier molecular flexibility index (Phi) is 15.0. The number of hydrogen-bond donors (Lipinski definition) is 0. The number of hydrogen-bond acceptors (Lipinski definition) is 6. The van der Waals surface area contributed by atoms with Crippen LogP contribution in [0.2, 0.25) is 0 Å². The number of benzene rings is 6. The Morgan fingerprint density at radius 1 is 0.564 bits per heavy atom. The molecule has 0 amide bonds. The molecule has 0 N–H and O–H groups in total. The summed E-state index contributed by atoms with van der Waals surface area (Å²) in [6.07, 6.45) is -0.292. The van der Waals surface area contributed by atoms with Gasteiger partial charge in [-0.05, 0) is 130 Å². The summed E-state index contributed by atoms with van der Waals surface area (Å²) in [7, 11) is 0. The third-order valence-corrected chi connectivity index (χ3v) is 14.3. The van der Waals surface area contributed by atoms with E-state index in [1.807, 2.05) is 127 Å². The van der Waals surface area contributed by atoms with Crippen molar-refractivity contribution in [2.24, 2.45) is 0 Å². The molecule has 8 nitrogen and oxygen atoms in total. The van der Waals surface area contributed by atoms with Crippen LogP contribution in [0.15, 0.2) is 200 Å². The van der Waals surface area contributed by atoms with Gasteiger partial charge < -0.3 is 24.0 Å². The van der Waals surface area contributed by atoms with Crippen molar-refractivity contribution in [3.05, 3.63) is 247 Å². The van der Waals surface area contributed by atoms with Crippen molar-refractivity contribution in [2.45, 2.75) is 64.1 Å². The van der Waals surface area contributed by atoms with Crippen LogP contribution in [-0.4, -0.2) is 29.3 Å². The maximum absolute atomic E-state index is 16.0. The predicted molar refractivity (Wildman–Crippen MR) is 295 cm³/mol. The molecule has 0 spiro atoms. The minimum atomic E-state index is -4.74. The molecule has 0 saturated carbocycles. The summed E-state index contributed by atoms with van der Waals surface area (Å²) < 4.78 is 76.2. The van der Waals surface area contributed by atoms with Crippen LogP contribution >= 0.6 is 0 Å². The van der Waals surface area contributed by atoms with E-state index < -0.39 is 29.2 Å². The van der Waals surface area contributed by atoms with Crippen molar-refractivity contribution in [3.63, 3.8) is 0 Å².